The third kappa shape index (κ3) is 3.40. The molecular weight excluding hydrogens is 312 g/mol. The van der Waals surface area contributed by atoms with Crippen LogP contribution >= 0.6 is 0 Å². The van der Waals surface area contributed by atoms with Crippen LogP contribution in [0.3, 0.4) is 0 Å². The Labute approximate surface area is 138 Å². The van der Waals surface area contributed by atoms with Crippen molar-refractivity contribution in [1.82, 2.24) is 5.16 Å². The van der Waals surface area contributed by atoms with Gasteiger partial charge in [-0.3, -0.25) is 4.79 Å². The third-order valence-corrected chi connectivity index (χ3v) is 3.97. The number of anilines is 1. The zero-order valence-electron chi connectivity index (χ0n) is 13.3. The van der Waals surface area contributed by atoms with E-state index in [0.717, 1.165) is 42.6 Å². The predicted octanol–water partition coefficient (Wildman–Crippen LogP) is 2.58. The summed E-state index contributed by atoms with van der Waals surface area (Å²) in [5, 5.41) is 15.4. The Morgan fingerprint density at radius 1 is 1.33 bits per heavy atom. The highest BCUT2D eigenvalue weighted by atomic mass is 16.5. The van der Waals surface area contributed by atoms with E-state index < -0.39 is 12.6 Å². The van der Waals surface area contributed by atoms with Crippen molar-refractivity contribution in [3.63, 3.8) is 0 Å². The van der Waals surface area contributed by atoms with Gasteiger partial charge >= 0.3 is 5.97 Å². The number of benzene rings is 1. The van der Waals surface area contributed by atoms with Gasteiger partial charge in [0.1, 0.15) is 11.5 Å². The van der Waals surface area contributed by atoms with Gasteiger partial charge in [0.25, 0.3) is 5.91 Å². The highest BCUT2D eigenvalue weighted by Gasteiger charge is 2.24. The van der Waals surface area contributed by atoms with Gasteiger partial charge in [0, 0.05) is 17.7 Å². The second-order valence-electron chi connectivity index (χ2n) is 5.75. The fourth-order valence-electron chi connectivity index (χ4n) is 2.76. The third-order valence-electron chi connectivity index (χ3n) is 3.97. The maximum Gasteiger partial charge on any atom is 0.341 e. The summed E-state index contributed by atoms with van der Waals surface area (Å²) >= 11 is 0. The van der Waals surface area contributed by atoms with Gasteiger partial charge in [0.05, 0.1) is 0 Å². The van der Waals surface area contributed by atoms with E-state index in [0.29, 0.717) is 17.1 Å². The first-order valence-electron chi connectivity index (χ1n) is 7.78. The molecule has 0 aliphatic heterocycles. The maximum atomic E-state index is 12.5. The van der Waals surface area contributed by atoms with Crippen molar-refractivity contribution in [1.29, 1.82) is 0 Å². The molecule has 0 saturated carbocycles. The highest BCUT2D eigenvalue weighted by Crippen LogP contribution is 2.26. The molecule has 2 N–H and O–H groups in total. The number of ether oxygens (including phenoxy) is 1. The highest BCUT2D eigenvalue weighted by molar-refractivity contribution is 6.04. The lowest BCUT2D eigenvalue weighted by molar-refractivity contribution is -0.139. The average Bonchev–Trinajstić information content (AvgIpc) is 2.99. The zero-order chi connectivity index (χ0) is 17.1. The lowest BCUT2D eigenvalue weighted by atomic mass is 9.96. The fourth-order valence-corrected chi connectivity index (χ4v) is 2.76. The number of nitrogens with zero attached hydrogens (tertiary/aromatic N) is 1. The molecule has 1 aliphatic carbocycles. The van der Waals surface area contributed by atoms with Crippen LogP contribution in [0.25, 0.3) is 0 Å². The number of fused-ring (bicyclic) bond motifs is 1. The van der Waals surface area contributed by atoms with Crippen LogP contribution in [0.4, 0.5) is 5.69 Å². The van der Waals surface area contributed by atoms with Crippen LogP contribution in [0.5, 0.6) is 5.75 Å². The molecule has 0 saturated heterocycles. The number of rotatable bonds is 5. The molecule has 1 aromatic heterocycles. The van der Waals surface area contributed by atoms with Crippen molar-refractivity contribution in [3.05, 3.63) is 40.8 Å². The summed E-state index contributed by atoms with van der Waals surface area (Å²) in [6.07, 6.45) is 3.72. The summed E-state index contributed by atoms with van der Waals surface area (Å²) in [5.41, 5.74) is 2.63. The second kappa shape index (κ2) is 6.74. The van der Waals surface area contributed by atoms with Crippen molar-refractivity contribution in [3.8, 4) is 5.75 Å². The Morgan fingerprint density at radius 3 is 2.88 bits per heavy atom. The molecule has 0 bridgehead atoms. The molecule has 1 aliphatic rings. The minimum absolute atomic E-state index is 0.302. The molecule has 7 nitrogen and oxygen atoms in total. The van der Waals surface area contributed by atoms with Crippen LogP contribution in [0, 0.1) is 6.92 Å². The molecule has 2 aromatic rings. The van der Waals surface area contributed by atoms with Gasteiger partial charge in [-0.1, -0.05) is 5.16 Å². The van der Waals surface area contributed by atoms with Crippen LogP contribution in [0.2, 0.25) is 0 Å². The number of carboxylic acids is 1. The molecule has 0 fully saturated rings. The summed E-state index contributed by atoms with van der Waals surface area (Å²) in [6.45, 7) is 1.40. The van der Waals surface area contributed by atoms with Crippen molar-refractivity contribution in [2.45, 2.75) is 32.6 Å². The first-order chi connectivity index (χ1) is 11.5. The van der Waals surface area contributed by atoms with Gasteiger partial charge in [-0.15, -0.1) is 0 Å². The van der Waals surface area contributed by atoms with E-state index in [2.05, 4.69) is 10.5 Å². The number of carbonyl (C=O) groups is 2. The summed E-state index contributed by atoms with van der Waals surface area (Å²) in [4.78, 5) is 23.0. The average molecular weight is 330 g/mol. The number of hydrogen-bond donors (Lipinski definition) is 2. The van der Waals surface area contributed by atoms with E-state index >= 15 is 0 Å². The molecule has 1 heterocycles. The van der Waals surface area contributed by atoms with Crippen molar-refractivity contribution in [2.24, 2.45) is 0 Å². The summed E-state index contributed by atoms with van der Waals surface area (Å²) in [7, 11) is 0. The van der Waals surface area contributed by atoms with Crippen LogP contribution in [0.15, 0.2) is 22.7 Å². The predicted molar refractivity (Wildman–Crippen MR) is 85.4 cm³/mol. The van der Waals surface area contributed by atoms with Crippen LogP contribution in [0.1, 0.15) is 40.2 Å². The van der Waals surface area contributed by atoms with Gasteiger partial charge < -0.3 is 19.7 Å². The van der Waals surface area contributed by atoms with E-state index in [1.54, 1.807) is 18.2 Å². The molecule has 1 amide bonds. The van der Waals surface area contributed by atoms with E-state index in [9.17, 15) is 9.59 Å². The Morgan fingerprint density at radius 2 is 2.12 bits per heavy atom. The minimum atomic E-state index is -1.04. The molecule has 0 unspecified atom stereocenters. The normalized spacial score (nSPS) is 13.2. The van der Waals surface area contributed by atoms with Crippen molar-refractivity contribution >= 4 is 17.6 Å². The molecule has 1 aromatic carbocycles. The van der Waals surface area contributed by atoms with Crippen LogP contribution < -0.4 is 10.1 Å². The quantitative estimate of drug-likeness (QED) is 0.873. The summed E-state index contributed by atoms with van der Waals surface area (Å²) < 4.78 is 10.4. The molecular formula is C17H18N2O5. The molecule has 3 rings (SSSR count). The monoisotopic (exact) mass is 330 g/mol. The van der Waals surface area contributed by atoms with Gasteiger partial charge in [-0.2, -0.15) is 0 Å². The number of aliphatic carboxylic acids is 1. The fraction of sp³-hybridized carbons (Fsp3) is 0.353. The Bertz CT molecular complexity index is 781. The number of nitrogens with one attached hydrogen (secondary N) is 1. The lowest BCUT2D eigenvalue weighted by Gasteiger charge is -2.11. The first-order valence-corrected chi connectivity index (χ1v) is 7.78. The number of aryl methyl sites for hydroxylation is 2. The summed E-state index contributed by atoms with van der Waals surface area (Å²) in [6, 6.07) is 4.97. The summed E-state index contributed by atoms with van der Waals surface area (Å²) in [5.74, 6) is -0.0997. The first kappa shape index (κ1) is 16.0. The smallest absolute Gasteiger partial charge is 0.341 e. The minimum Gasteiger partial charge on any atom is -0.482 e. The molecule has 0 atom stereocenters. The Kier molecular flexibility index (Phi) is 4.50. The van der Waals surface area contributed by atoms with E-state index in [1.807, 2.05) is 6.92 Å². The molecule has 126 valence electrons. The SMILES string of the molecule is Cc1cc(OCC(=O)O)ccc1NC(=O)c1noc2c1CCCC2. The van der Waals surface area contributed by atoms with Crippen LogP contribution in [-0.4, -0.2) is 28.7 Å². The standard InChI is InChI=1S/C17H18N2O5/c1-10-8-11(23-9-15(20)21)6-7-13(10)18-17(22)16-12-4-2-3-5-14(12)24-19-16/h6-8H,2-5,9H2,1H3,(H,18,22)(H,20,21). The second-order valence-corrected chi connectivity index (χ2v) is 5.75. The van der Waals surface area contributed by atoms with Gasteiger partial charge in [0.2, 0.25) is 0 Å². The number of amides is 1. The van der Waals surface area contributed by atoms with Gasteiger partial charge in [0.15, 0.2) is 12.3 Å². The van der Waals surface area contributed by atoms with Gasteiger partial charge in [-0.05, 0) is 49.9 Å². The Balaban J connectivity index is 1.72. The van der Waals surface area contributed by atoms with E-state index in [1.165, 1.54) is 0 Å². The molecule has 7 heteroatoms. The lowest BCUT2D eigenvalue weighted by Crippen LogP contribution is -2.16. The number of carboxylic acid groups (broad SMARTS) is 1. The van der Waals surface area contributed by atoms with E-state index in [-0.39, 0.29) is 5.91 Å². The molecule has 24 heavy (non-hydrogen) atoms. The topological polar surface area (TPSA) is 102 Å². The van der Waals surface area contributed by atoms with E-state index in [4.69, 9.17) is 14.4 Å². The van der Waals surface area contributed by atoms with Gasteiger partial charge in [-0.25, -0.2) is 4.79 Å². The largest absolute Gasteiger partial charge is 0.482 e. The van der Waals surface area contributed by atoms with Crippen molar-refractivity contribution in [2.75, 3.05) is 11.9 Å². The number of carbonyl (C=O) groups excluding carboxylic acids is 1. The molecule has 0 spiro atoms. The number of aromatic nitrogens is 1. The van der Waals surface area contributed by atoms with Crippen LogP contribution in [-0.2, 0) is 17.6 Å². The molecule has 0 radical (unpaired) electrons. The zero-order valence-corrected chi connectivity index (χ0v) is 13.3. The maximum absolute atomic E-state index is 12.5. The number of hydrogen-bond acceptors (Lipinski definition) is 5. The Hall–Kier alpha value is -2.83. The van der Waals surface area contributed by atoms with Crippen molar-refractivity contribution < 1.29 is 24.0 Å².